The van der Waals surface area contributed by atoms with E-state index in [0.29, 0.717) is 23.4 Å². The van der Waals surface area contributed by atoms with Crippen LogP contribution in [0.3, 0.4) is 0 Å². The van der Waals surface area contributed by atoms with Crippen LogP contribution in [0.25, 0.3) is 11.4 Å². The van der Waals surface area contributed by atoms with Crippen LogP contribution in [0.2, 0.25) is 0 Å². The molecular formula is C25H25FN4O3. The number of amides is 1. The van der Waals surface area contributed by atoms with Gasteiger partial charge in [-0.15, -0.1) is 0 Å². The highest BCUT2D eigenvalue weighted by atomic mass is 19.1. The minimum absolute atomic E-state index is 0.0268. The summed E-state index contributed by atoms with van der Waals surface area (Å²) >= 11 is 0. The Bertz CT molecular complexity index is 1220. The van der Waals surface area contributed by atoms with E-state index in [0.717, 1.165) is 5.69 Å². The first kappa shape index (κ1) is 22.4. The van der Waals surface area contributed by atoms with E-state index < -0.39 is 23.5 Å². The summed E-state index contributed by atoms with van der Waals surface area (Å²) < 4.78 is 15.2. The quantitative estimate of drug-likeness (QED) is 0.356. The van der Waals surface area contributed by atoms with Gasteiger partial charge < -0.3 is 14.9 Å². The van der Waals surface area contributed by atoms with Crippen LogP contribution in [0.1, 0.15) is 22.9 Å². The predicted molar refractivity (Wildman–Crippen MR) is 122 cm³/mol. The number of aliphatic hydroxyl groups excluding tert-OH is 1. The molecule has 1 atom stereocenters. The highest BCUT2D eigenvalue weighted by Gasteiger charge is 2.46. The smallest absolute Gasteiger partial charge is 0.295 e. The molecule has 1 amide bonds. The van der Waals surface area contributed by atoms with Crippen molar-refractivity contribution in [2.75, 3.05) is 27.2 Å². The number of aromatic nitrogens is 2. The number of aliphatic hydroxyl groups is 1. The number of halogens is 1. The molecule has 1 aliphatic heterocycles. The van der Waals surface area contributed by atoms with Gasteiger partial charge in [-0.05, 0) is 50.8 Å². The van der Waals surface area contributed by atoms with E-state index in [1.165, 1.54) is 35.4 Å². The predicted octanol–water partition coefficient (Wildman–Crippen LogP) is 3.30. The molecule has 8 heteroatoms. The lowest BCUT2D eigenvalue weighted by molar-refractivity contribution is -0.140. The highest BCUT2D eigenvalue weighted by Crippen LogP contribution is 2.39. The van der Waals surface area contributed by atoms with Crippen molar-refractivity contribution in [2.45, 2.75) is 13.0 Å². The van der Waals surface area contributed by atoms with E-state index in [1.54, 1.807) is 11.6 Å². The maximum absolute atomic E-state index is 13.6. The second-order valence-electron chi connectivity index (χ2n) is 8.24. The minimum atomic E-state index is -0.829. The Hall–Kier alpha value is -3.78. The molecule has 0 saturated carbocycles. The molecule has 1 aliphatic rings. The van der Waals surface area contributed by atoms with Crippen molar-refractivity contribution in [2.24, 2.45) is 0 Å². The monoisotopic (exact) mass is 448 g/mol. The number of likely N-dealkylation sites (N-methyl/N-ethyl adjacent to an activating group) is 1. The summed E-state index contributed by atoms with van der Waals surface area (Å²) in [7, 11) is 3.73. The second kappa shape index (κ2) is 8.99. The van der Waals surface area contributed by atoms with Crippen LogP contribution in [-0.4, -0.2) is 63.6 Å². The largest absolute Gasteiger partial charge is 0.507 e. The molecule has 1 saturated heterocycles. The van der Waals surface area contributed by atoms with Crippen molar-refractivity contribution in [3.8, 4) is 5.69 Å². The van der Waals surface area contributed by atoms with E-state index in [9.17, 15) is 19.1 Å². The fourth-order valence-corrected chi connectivity index (χ4v) is 4.03. The topological polar surface area (TPSA) is 78.7 Å². The normalized spacial score (nSPS) is 17.8. The summed E-state index contributed by atoms with van der Waals surface area (Å²) in [6.07, 6.45) is 1.48. The number of para-hydroxylation sites is 1. The summed E-state index contributed by atoms with van der Waals surface area (Å²) in [4.78, 5) is 29.4. The molecule has 2 heterocycles. The molecular weight excluding hydrogens is 423 g/mol. The zero-order valence-electron chi connectivity index (χ0n) is 18.7. The number of carbonyl (C=O) groups excluding carboxylic acids is 2. The zero-order chi connectivity index (χ0) is 23.7. The summed E-state index contributed by atoms with van der Waals surface area (Å²) in [5.74, 6) is -2.19. The van der Waals surface area contributed by atoms with E-state index in [1.807, 2.05) is 49.3 Å². The summed E-state index contributed by atoms with van der Waals surface area (Å²) in [6.45, 7) is 2.58. The van der Waals surface area contributed by atoms with Crippen LogP contribution in [0.4, 0.5) is 4.39 Å². The number of likely N-dealkylation sites (tertiary alicyclic amines) is 1. The number of rotatable bonds is 6. The highest BCUT2D eigenvalue weighted by molar-refractivity contribution is 6.46. The van der Waals surface area contributed by atoms with Gasteiger partial charge in [0.2, 0.25) is 0 Å². The van der Waals surface area contributed by atoms with E-state index in [-0.39, 0.29) is 17.9 Å². The van der Waals surface area contributed by atoms with Gasteiger partial charge in [0.25, 0.3) is 11.7 Å². The van der Waals surface area contributed by atoms with Gasteiger partial charge in [-0.2, -0.15) is 5.10 Å². The zero-order valence-corrected chi connectivity index (χ0v) is 18.7. The second-order valence-corrected chi connectivity index (χ2v) is 8.24. The number of nitrogens with zero attached hydrogens (tertiary/aromatic N) is 4. The van der Waals surface area contributed by atoms with E-state index in [2.05, 4.69) is 5.10 Å². The van der Waals surface area contributed by atoms with Gasteiger partial charge in [0.15, 0.2) is 0 Å². The molecule has 2 aromatic carbocycles. The van der Waals surface area contributed by atoms with Gasteiger partial charge in [-0.1, -0.05) is 30.3 Å². The molecule has 7 nitrogen and oxygen atoms in total. The van der Waals surface area contributed by atoms with Gasteiger partial charge in [-0.25, -0.2) is 9.07 Å². The molecule has 33 heavy (non-hydrogen) atoms. The Labute approximate surface area is 191 Å². The van der Waals surface area contributed by atoms with Crippen LogP contribution in [-0.2, 0) is 9.59 Å². The molecule has 0 aliphatic carbocycles. The standard InChI is InChI=1S/C25H25FN4O3/c1-16-20(15-27-30(16)19-7-5-4-6-8-19)23(31)21-22(17-9-11-18(26)12-10-17)29(14-13-28(2)3)25(33)24(21)32/h4-12,15,22,31H,13-14H2,1-3H3/t22-/m1/s1. The number of benzene rings is 2. The Balaban J connectivity index is 1.84. The fraction of sp³-hybridized carbons (Fsp3) is 0.240. The Kier molecular flexibility index (Phi) is 6.11. The van der Waals surface area contributed by atoms with E-state index in [4.69, 9.17) is 0 Å². The summed E-state index contributed by atoms with van der Waals surface area (Å²) in [6, 6.07) is 14.2. The van der Waals surface area contributed by atoms with Crippen LogP contribution in [0.15, 0.2) is 66.4 Å². The molecule has 4 rings (SSSR count). The van der Waals surface area contributed by atoms with Crippen molar-refractivity contribution in [1.29, 1.82) is 0 Å². The van der Waals surface area contributed by atoms with Crippen molar-refractivity contribution in [3.63, 3.8) is 0 Å². The van der Waals surface area contributed by atoms with Crippen molar-refractivity contribution >= 4 is 17.4 Å². The average molecular weight is 448 g/mol. The molecule has 3 aromatic rings. The number of Topliss-reactive ketones (excluding diaryl/α,β-unsaturated/α-hetero) is 1. The SMILES string of the molecule is Cc1c(C(O)=C2C(=O)C(=O)N(CCN(C)C)[C@@H]2c2ccc(F)cc2)cnn1-c1ccccc1. The minimum Gasteiger partial charge on any atom is -0.507 e. The lowest BCUT2D eigenvalue weighted by Gasteiger charge is -2.26. The fourth-order valence-electron chi connectivity index (χ4n) is 4.03. The Morgan fingerprint density at radius 1 is 1.09 bits per heavy atom. The Morgan fingerprint density at radius 3 is 2.39 bits per heavy atom. The summed E-state index contributed by atoms with van der Waals surface area (Å²) in [5.41, 5.74) is 2.30. The van der Waals surface area contributed by atoms with Crippen LogP contribution >= 0.6 is 0 Å². The molecule has 0 spiro atoms. The van der Waals surface area contributed by atoms with Gasteiger partial charge in [0, 0.05) is 13.1 Å². The number of hydrogen-bond donors (Lipinski definition) is 1. The average Bonchev–Trinajstić information content (AvgIpc) is 3.30. The Morgan fingerprint density at radius 2 is 1.76 bits per heavy atom. The van der Waals surface area contributed by atoms with Gasteiger partial charge in [-0.3, -0.25) is 9.59 Å². The van der Waals surface area contributed by atoms with Crippen LogP contribution in [0.5, 0.6) is 0 Å². The van der Waals surface area contributed by atoms with E-state index >= 15 is 0 Å². The summed E-state index contributed by atoms with van der Waals surface area (Å²) in [5, 5.41) is 15.6. The lowest BCUT2D eigenvalue weighted by Crippen LogP contribution is -2.35. The third-order valence-corrected chi connectivity index (χ3v) is 5.78. The van der Waals surface area contributed by atoms with Crippen molar-refractivity contribution < 1.29 is 19.1 Å². The number of hydrogen-bond acceptors (Lipinski definition) is 5. The molecule has 0 unspecified atom stereocenters. The first-order valence-electron chi connectivity index (χ1n) is 10.6. The van der Waals surface area contributed by atoms with Gasteiger partial charge in [0.1, 0.15) is 11.6 Å². The number of ketones is 1. The molecule has 1 fully saturated rings. The third-order valence-electron chi connectivity index (χ3n) is 5.78. The van der Waals surface area contributed by atoms with Crippen LogP contribution in [0, 0.1) is 12.7 Å². The third kappa shape index (κ3) is 4.17. The van der Waals surface area contributed by atoms with Gasteiger partial charge in [0.05, 0.1) is 34.8 Å². The first-order valence-corrected chi connectivity index (χ1v) is 10.6. The molecule has 0 radical (unpaired) electrons. The van der Waals surface area contributed by atoms with Crippen LogP contribution < -0.4 is 0 Å². The molecule has 0 bridgehead atoms. The maximum atomic E-state index is 13.6. The molecule has 170 valence electrons. The van der Waals surface area contributed by atoms with Crippen molar-refractivity contribution in [3.05, 3.63) is 89.0 Å². The lowest BCUT2D eigenvalue weighted by atomic mass is 9.95. The molecule has 1 N–H and O–H groups in total. The first-order chi connectivity index (χ1) is 15.8. The maximum Gasteiger partial charge on any atom is 0.295 e. The number of carbonyl (C=O) groups is 2. The van der Waals surface area contributed by atoms with Gasteiger partial charge >= 0.3 is 0 Å². The molecule has 1 aromatic heterocycles. The van der Waals surface area contributed by atoms with Crippen molar-refractivity contribution in [1.82, 2.24) is 19.6 Å².